The molecule has 0 amide bonds. The van der Waals surface area contributed by atoms with Crippen molar-refractivity contribution >= 4 is 11.0 Å². The van der Waals surface area contributed by atoms with Gasteiger partial charge in [0.1, 0.15) is 46.5 Å². The number of rotatable bonds is 3. The SMILES string of the molecule is C[C@@H]1O[C@@H](Oc2cc(O)c3c(=O)cc(-c4cc(O)c(O)c(O)c4)oc3c2)[C@H](O)[C@H](O)[C@H]1O. The molecule has 3 aromatic rings. The molecule has 170 valence electrons. The van der Waals surface area contributed by atoms with Crippen LogP contribution in [0.4, 0.5) is 0 Å². The summed E-state index contributed by atoms with van der Waals surface area (Å²) in [6.45, 7) is 1.47. The third-order valence-electron chi connectivity index (χ3n) is 5.20. The van der Waals surface area contributed by atoms with Crippen LogP contribution in [0.25, 0.3) is 22.3 Å². The summed E-state index contributed by atoms with van der Waals surface area (Å²) in [4.78, 5) is 12.5. The van der Waals surface area contributed by atoms with Gasteiger partial charge in [0.15, 0.2) is 22.7 Å². The fourth-order valence-corrected chi connectivity index (χ4v) is 3.45. The predicted molar refractivity (Wildman–Crippen MR) is 108 cm³/mol. The van der Waals surface area contributed by atoms with E-state index < -0.39 is 59.1 Å². The quantitative estimate of drug-likeness (QED) is 0.276. The van der Waals surface area contributed by atoms with E-state index in [1.807, 2.05) is 0 Å². The van der Waals surface area contributed by atoms with E-state index in [0.29, 0.717) is 0 Å². The summed E-state index contributed by atoms with van der Waals surface area (Å²) in [6, 6.07) is 5.49. The number of phenolic OH excluding ortho intramolecular Hbond substituents is 4. The maximum Gasteiger partial charge on any atom is 0.229 e. The monoisotopic (exact) mass is 448 g/mol. The minimum Gasteiger partial charge on any atom is -0.507 e. The number of aliphatic hydroxyl groups excluding tert-OH is 3. The van der Waals surface area contributed by atoms with Gasteiger partial charge >= 0.3 is 0 Å². The highest BCUT2D eigenvalue weighted by atomic mass is 16.7. The Bertz CT molecular complexity index is 1210. The van der Waals surface area contributed by atoms with Gasteiger partial charge < -0.3 is 49.6 Å². The standard InChI is InChI=1S/C21H20O11/c1-7-17(26)19(28)20(29)21(30-7)31-9-4-10(22)16-11(23)6-14(32-15(16)5-9)8-2-12(24)18(27)13(25)3-8/h2-7,17,19-22,24-29H,1H3/t7-,17-,19+,20+,21-/m0/s1. The van der Waals surface area contributed by atoms with Crippen LogP contribution < -0.4 is 10.2 Å². The van der Waals surface area contributed by atoms with Crippen molar-refractivity contribution < 1.29 is 49.6 Å². The Hall–Kier alpha value is -3.51. The molecule has 11 nitrogen and oxygen atoms in total. The molecule has 1 fully saturated rings. The van der Waals surface area contributed by atoms with Crippen LogP contribution in [0.2, 0.25) is 0 Å². The molecule has 32 heavy (non-hydrogen) atoms. The van der Waals surface area contributed by atoms with Crippen molar-refractivity contribution in [1.82, 2.24) is 0 Å². The first kappa shape index (κ1) is 21.7. The zero-order chi connectivity index (χ0) is 23.3. The van der Waals surface area contributed by atoms with Crippen molar-refractivity contribution in [3.05, 3.63) is 40.6 Å². The fourth-order valence-electron chi connectivity index (χ4n) is 3.45. The largest absolute Gasteiger partial charge is 0.507 e. The first-order valence-electron chi connectivity index (χ1n) is 9.49. The Labute approximate surface area is 179 Å². The summed E-state index contributed by atoms with van der Waals surface area (Å²) in [6.07, 6.45) is -6.70. The van der Waals surface area contributed by atoms with Gasteiger partial charge in [-0.15, -0.1) is 0 Å². The van der Waals surface area contributed by atoms with Crippen molar-refractivity contribution in [3.63, 3.8) is 0 Å². The van der Waals surface area contributed by atoms with Crippen LogP contribution in [-0.4, -0.2) is 66.5 Å². The smallest absolute Gasteiger partial charge is 0.229 e. The molecule has 1 aromatic heterocycles. The summed E-state index contributed by atoms with van der Waals surface area (Å²) in [5, 5.41) is 68.9. The second kappa shape index (κ2) is 7.88. The predicted octanol–water partition coefficient (Wildman–Crippen LogP) is 0.489. The number of ether oxygens (including phenoxy) is 2. The topological polar surface area (TPSA) is 190 Å². The van der Waals surface area contributed by atoms with E-state index in [4.69, 9.17) is 13.9 Å². The molecule has 2 heterocycles. The average molecular weight is 448 g/mol. The van der Waals surface area contributed by atoms with Gasteiger partial charge in [-0.3, -0.25) is 4.79 Å². The highest BCUT2D eigenvalue weighted by molar-refractivity contribution is 5.86. The zero-order valence-corrected chi connectivity index (χ0v) is 16.5. The van der Waals surface area contributed by atoms with Crippen molar-refractivity contribution in [2.75, 3.05) is 0 Å². The van der Waals surface area contributed by atoms with Crippen LogP contribution in [0.5, 0.6) is 28.7 Å². The summed E-state index contributed by atoms with van der Waals surface area (Å²) >= 11 is 0. The minimum atomic E-state index is -1.60. The van der Waals surface area contributed by atoms with Gasteiger partial charge in [-0.05, 0) is 19.1 Å². The van der Waals surface area contributed by atoms with Gasteiger partial charge in [0.2, 0.25) is 6.29 Å². The Morgan fingerprint density at radius 1 is 0.844 bits per heavy atom. The van der Waals surface area contributed by atoms with Gasteiger partial charge in [0.05, 0.1) is 6.10 Å². The second-order valence-corrected chi connectivity index (χ2v) is 7.45. The van der Waals surface area contributed by atoms with E-state index in [2.05, 4.69) is 0 Å². The molecular formula is C21H20O11. The average Bonchev–Trinajstić information content (AvgIpc) is 2.73. The molecule has 2 aromatic carbocycles. The third kappa shape index (κ3) is 3.67. The molecule has 7 N–H and O–H groups in total. The van der Waals surface area contributed by atoms with Crippen molar-refractivity contribution in [3.8, 4) is 40.1 Å². The van der Waals surface area contributed by atoms with Crippen LogP contribution in [0.1, 0.15) is 6.92 Å². The molecule has 5 atom stereocenters. The number of phenols is 4. The lowest BCUT2D eigenvalue weighted by molar-refractivity contribution is -0.268. The van der Waals surface area contributed by atoms with Gasteiger partial charge in [-0.25, -0.2) is 0 Å². The molecule has 0 saturated carbocycles. The van der Waals surface area contributed by atoms with Gasteiger partial charge in [-0.2, -0.15) is 0 Å². The molecule has 1 aliphatic rings. The van der Waals surface area contributed by atoms with Crippen molar-refractivity contribution in [2.45, 2.75) is 37.6 Å². The number of benzene rings is 2. The molecule has 4 rings (SSSR count). The molecule has 0 spiro atoms. The van der Waals surface area contributed by atoms with Crippen LogP contribution in [-0.2, 0) is 4.74 Å². The van der Waals surface area contributed by atoms with Crippen LogP contribution in [0.15, 0.2) is 39.5 Å². The van der Waals surface area contributed by atoms with E-state index in [1.54, 1.807) is 0 Å². The fraction of sp³-hybridized carbons (Fsp3) is 0.286. The molecule has 0 unspecified atom stereocenters. The maximum absolute atomic E-state index is 12.5. The molecule has 11 heteroatoms. The first-order chi connectivity index (χ1) is 15.1. The number of hydrogen-bond acceptors (Lipinski definition) is 11. The first-order valence-corrected chi connectivity index (χ1v) is 9.49. The summed E-state index contributed by atoms with van der Waals surface area (Å²) in [5.74, 6) is -2.68. The molecule has 0 bridgehead atoms. The van der Waals surface area contributed by atoms with Gasteiger partial charge in [0.25, 0.3) is 0 Å². The van der Waals surface area contributed by atoms with Crippen molar-refractivity contribution in [2.24, 2.45) is 0 Å². The minimum absolute atomic E-state index is 0.0691. The highest BCUT2D eigenvalue weighted by Gasteiger charge is 2.43. The lowest BCUT2D eigenvalue weighted by atomic mass is 10.00. The van der Waals surface area contributed by atoms with Gasteiger partial charge in [0, 0.05) is 23.8 Å². The van der Waals surface area contributed by atoms with E-state index in [0.717, 1.165) is 24.3 Å². The normalized spacial score (nSPS) is 25.7. The maximum atomic E-state index is 12.5. The number of aromatic hydroxyl groups is 4. The molecular weight excluding hydrogens is 428 g/mol. The molecule has 0 radical (unpaired) electrons. The van der Waals surface area contributed by atoms with Crippen molar-refractivity contribution in [1.29, 1.82) is 0 Å². The van der Waals surface area contributed by atoms with Crippen LogP contribution >= 0.6 is 0 Å². The lowest BCUT2D eigenvalue weighted by Crippen LogP contribution is -2.58. The second-order valence-electron chi connectivity index (χ2n) is 7.45. The van der Waals surface area contributed by atoms with Gasteiger partial charge in [-0.1, -0.05) is 0 Å². The number of aliphatic hydroxyl groups is 3. The van der Waals surface area contributed by atoms with E-state index >= 15 is 0 Å². The Morgan fingerprint density at radius 2 is 1.50 bits per heavy atom. The highest BCUT2D eigenvalue weighted by Crippen LogP contribution is 2.40. The summed E-state index contributed by atoms with van der Waals surface area (Å²) in [5.41, 5.74) is -0.702. The Kier molecular flexibility index (Phi) is 5.34. The van der Waals surface area contributed by atoms with Crippen LogP contribution in [0.3, 0.4) is 0 Å². The zero-order valence-electron chi connectivity index (χ0n) is 16.5. The molecule has 1 aliphatic heterocycles. The summed E-state index contributed by atoms with van der Waals surface area (Å²) < 4.78 is 16.5. The third-order valence-corrected chi connectivity index (χ3v) is 5.20. The van der Waals surface area contributed by atoms with E-state index in [9.17, 15) is 40.5 Å². The Balaban J connectivity index is 1.75. The van der Waals surface area contributed by atoms with E-state index in [-0.39, 0.29) is 28.0 Å². The number of hydrogen-bond donors (Lipinski definition) is 7. The lowest BCUT2D eigenvalue weighted by Gasteiger charge is -2.38. The Morgan fingerprint density at radius 3 is 2.16 bits per heavy atom. The summed E-state index contributed by atoms with van der Waals surface area (Å²) in [7, 11) is 0. The molecule has 0 aliphatic carbocycles. The van der Waals surface area contributed by atoms with E-state index in [1.165, 1.54) is 13.0 Å². The van der Waals surface area contributed by atoms with Crippen LogP contribution in [0, 0.1) is 0 Å². The molecule has 1 saturated heterocycles. The number of fused-ring (bicyclic) bond motifs is 1.